The molecule has 1 saturated heterocycles. The first kappa shape index (κ1) is 19.7. The van der Waals surface area contributed by atoms with Crippen molar-refractivity contribution in [3.63, 3.8) is 0 Å². The molecule has 0 aliphatic carbocycles. The molecule has 152 valence electrons. The van der Waals surface area contributed by atoms with E-state index in [0.29, 0.717) is 23.0 Å². The van der Waals surface area contributed by atoms with E-state index in [2.05, 4.69) is 22.3 Å². The van der Waals surface area contributed by atoms with Gasteiger partial charge in [-0.05, 0) is 49.2 Å². The smallest absolute Gasteiger partial charge is 0.265 e. The lowest BCUT2D eigenvalue weighted by molar-refractivity contribution is -0.125. The van der Waals surface area contributed by atoms with Gasteiger partial charge in [0.2, 0.25) is 5.91 Å². The Labute approximate surface area is 175 Å². The molecular formula is C22H24ClN3O3. The lowest BCUT2D eigenvalue weighted by atomic mass is 10.1. The Morgan fingerprint density at radius 1 is 1.10 bits per heavy atom. The highest BCUT2D eigenvalue weighted by molar-refractivity contribution is 6.32. The number of carbonyl (C=O) groups is 2. The van der Waals surface area contributed by atoms with Gasteiger partial charge in [0, 0.05) is 13.1 Å². The van der Waals surface area contributed by atoms with Gasteiger partial charge in [0.25, 0.3) is 5.91 Å². The monoisotopic (exact) mass is 413 g/mol. The van der Waals surface area contributed by atoms with Gasteiger partial charge < -0.3 is 10.1 Å². The maximum absolute atomic E-state index is 12.5. The van der Waals surface area contributed by atoms with Gasteiger partial charge in [-0.2, -0.15) is 0 Å². The molecule has 2 heterocycles. The highest BCUT2D eigenvalue weighted by Gasteiger charge is 2.28. The fourth-order valence-electron chi connectivity index (χ4n) is 3.81. The van der Waals surface area contributed by atoms with Crippen LogP contribution in [0.1, 0.15) is 24.0 Å². The van der Waals surface area contributed by atoms with E-state index >= 15 is 0 Å². The number of likely N-dealkylation sites (tertiary alicyclic amines) is 1. The second kappa shape index (κ2) is 8.84. The summed E-state index contributed by atoms with van der Waals surface area (Å²) in [5.74, 6) is -0.0465. The Morgan fingerprint density at radius 2 is 1.86 bits per heavy atom. The molecular weight excluding hydrogens is 390 g/mol. The maximum atomic E-state index is 12.5. The standard InChI is InChI=1S/C22H24ClN3O3/c23-18-7-4-8-19-22(18)29-15-21(28)26(19)14-20(27)24-12-16-5-3-6-17(11-16)13-25-9-1-2-10-25/h3-8,11H,1-2,9-10,12-15H2,(H,24,27). The van der Waals surface area contributed by atoms with Crippen LogP contribution in [0.5, 0.6) is 5.75 Å². The van der Waals surface area contributed by atoms with Crippen molar-refractivity contribution < 1.29 is 14.3 Å². The lowest BCUT2D eigenvalue weighted by Gasteiger charge is -2.29. The minimum atomic E-state index is -0.262. The van der Waals surface area contributed by atoms with E-state index in [0.717, 1.165) is 25.2 Å². The second-order valence-electron chi connectivity index (χ2n) is 7.44. The van der Waals surface area contributed by atoms with Crippen LogP contribution in [0.4, 0.5) is 5.69 Å². The largest absolute Gasteiger partial charge is 0.480 e. The average Bonchev–Trinajstić information content (AvgIpc) is 3.22. The molecule has 0 spiro atoms. The third-order valence-electron chi connectivity index (χ3n) is 5.27. The summed E-state index contributed by atoms with van der Waals surface area (Å²) >= 11 is 6.14. The zero-order chi connectivity index (χ0) is 20.2. The normalized spacial score (nSPS) is 16.4. The van der Waals surface area contributed by atoms with Gasteiger partial charge in [-0.15, -0.1) is 0 Å². The van der Waals surface area contributed by atoms with Crippen molar-refractivity contribution in [3.8, 4) is 5.75 Å². The van der Waals surface area contributed by atoms with Gasteiger partial charge in [0.05, 0.1) is 10.7 Å². The van der Waals surface area contributed by atoms with Gasteiger partial charge in [0.15, 0.2) is 12.4 Å². The van der Waals surface area contributed by atoms with E-state index in [4.69, 9.17) is 16.3 Å². The Morgan fingerprint density at radius 3 is 2.69 bits per heavy atom. The maximum Gasteiger partial charge on any atom is 0.265 e. The minimum Gasteiger partial charge on any atom is -0.480 e. The summed E-state index contributed by atoms with van der Waals surface area (Å²) in [5.41, 5.74) is 2.83. The third-order valence-corrected chi connectivity index (χ3v) is 5.56. The van der Waals surface area contributed by atoms with Crippen LogP contribution in [0.25, 0.3) is 0 Å². The Hall–Kier alpha value is -2.57. The molecule has 2 aliphatic rings. The predicted octanol–water partition coefficient (Wildman–Crippen LogP) is 2.98. The van der Waals surface area contributed by atoms with E-state index in [1.165, 1.54) is 23.3 Å². The second-order valence-corrected chi connectivity index (χ2v) is 7.84. The van der Waals surface area contributed by atoms with Crippen molar-refractivity contribution >= 4 is 29.1 Å². The average molecular weight is 414 g/mol. The first-order valence-electron chi connectivity index (χ1n) is 9.89. The zero-order valence-electron chi connectivity index (χ0n) is 16.2. The van der Waals surface area contributed by atoms with E-state index in [9.17, 15) is 9.59 Å². The van der Waals surface area contributed by atoms with Gasteiger partial charge in [0.1, 0.15) is 6.54 Å². The molecule has 2 aromatic carbocycles. The van der Waals surface area contributed by atoms with Crippen molar-refractivity contribution in [1.82, 2.24) is 10.2 Å². The number of ether oxygens (including phenoxy) is 1. The number of rotatable bonds is 6. The van der Waals surface area contributed by atoms with E-state index < -0.39 is 0 Å². The van der Waals surface area contributed by atoms with Crippen LogP contribution in [0.3, 0.4) is 0 Å². The predicted molar refractivity (Wildman–Crippen MR) is 112 cm³/mol. The highest BCUT2D eigenvalue weighted by Crippen LogP contribution is 2.37. The summed E-state index contributed by atoms with van der Waals surface area (Å²) in [6, 6.07) is 13.4. The van der Waals surface area contributed by atoms with Gasteiger partial charge >= 0.3 is 0 Å². The number of hydrogen-bond acceptors (Lipinski definition) is 4. The Balaban J connectivity index is 1.36. The summed E-state index contributed by atoms with van der Waals surface area (Å²) in [4.78, 5) is 28.6. The number of para-hydroxylation sites is 1. The molecule has 0 unspecified atom stereocenters. The fourth-order valence-corrected chi connectivity index (χ4v) is 4.03. The molecule has 0 bridgehead atoms. The summed E-state index contributed by atoms with van der Waals surface area (Å²) in [6.45, 7) is 3.49. The summed E-state index contributed by atoms with van der Waals surface area (Å²) < 4.78 is 5.42. The zero-order valence-corrected chi connectivity index (χ0v) is 17.0. The van der Waals surface area contributed by atoms with Crippen molar-refractivity contribution in [2.24, 2.45) is 0 Å². The van der Waals surface area contributed by atoms with Gasteiger partial charge in [-0.25, -0.2) is 0 Å². The lowest BCUT2D eigenvalue weighted by Crippen LogP contribution is -2.45. The van der Waals surface area contributed by atoms with Crippen molar-refractivity contribution in [3.05, 3.63) is 58.6 Å². The molecule has 6 nitrogen and oxygen atoms in total. The topological polar surface area (TPSA) is 61.9 Å². The molecule has 29 heavy (non-hydrogen) atoms. The number of carbonyl (C=O) groups excluding carboxylic acids is 2. The van der Waals surface area contributed by atoms with Crippen molar-refractivity contribution in [1.29, 1.82) is 0 Å². The number of fused-ring (bicyclic) bond motifs is 1. The van der Waals surface area contributed by atoms with Gasteiger partial charge in [-0.3, -0.25) is 19.4 Å². The Bertz CT molecular complexity index is 912. The quantitative estimate of drug-likeness (QED) is 0.790. The van der Waals surface area contributed by atoms with Crippen molar-refractivity contribution in [2.75, 3.05) is 31.1 Å². The number of amides is 2. The SMILES string of the molecule is O=C(CN1C(=O)COc2c(Cl)cccc21)NCc1cccc(CN2CCCC2)c1. The molecule has 4 rings (SSSR count). The molecule has 1 fully saturated rings. The van der Waals surface area contributed by atoms with Crippen LogP contribution in [-0.4, -0.2) is 43.0 Å². The van der Waals surface area contributed by atoms with Crippen LogP contribution in [0.2, 0.25) is 5.02 Å². The van der Waals surface area contributed by atoms with E-state index in [-0.39, 0.29) is 25.0 Å². The number of hydrogen-bond donors (Lipinski definition) is 1. The number of benzene rings is 2. The molecule has 0 aromatic heterocycles. The number of nitrogens with one attached hydrogen (secondary N) is 1. The highest BCUT2D eigenvalue weighted by atomic mass is 35.5. The van der Waals surface area contributed by atoms with E-state index in [1.807, 2.05) is 12.1 Å². The molecule has 7 heteroatoms. The van der Waals surface area contributed by atoms with Crippen LogP contribution in [-0.2, 0) is 22.7 Å². The van der Waals surface area contributed by atoms with Crippen LogP contribution in [0, 0.1) is 0 Å². The molecule has 1 N–H and O–H groups in total. The minimum absolute atomic E-state index is 0.0665. The van der Waals surface area contributed by atoms with Crippen LogP contribution >= 0.6 is 11.6 Å². The van der Waals surface area contributed by atoms with Crippen LogP contribution in [0.15, 0.2) is 42.5 Å². The molecule has 2 amide bonds. The number of nitrogens with zero attached hydrogens (tertiary/aromatic N) is 2. The Kier molecular flexibility index (Phi) is 6.02. The van der Waals surface area contributed by atoms with Gasteiger partial charge in [-0.1, -0.05) is 41.9 Å². The third kappa shape index (κ3) is 4.71. The summed E-state index contributed by atoms with van der Waals surface area (Å²) in [6.07, 6.45) is 2.54. The first-order valence-corrected chi connectivity index (χ1v) is 10.3. The number of halogens is 1. The molecule has 0 atom stereocenters. The molecule has 0 saturated carbocycles. The number of anilines is 1. The fraction of sp³-hybridized carbons (Fsp3) is 0.364. The summed E-state index contributed by atoms with van der Waals surface area (Å²) in [5, 5.41) is 3.34. The van der Waals surface area contributed by atoms with Crippen molar-refractivity contribution in [2.45, 2.75) is 25.9 Å². The molecule has 0 radical (unpaired) electrons. The summed E-state index contributed by atoms with van der Waals surface area (Å²) in [7, 11) is 0. The van der Waals surface area contributed by atoms with E-state index in [1.54, 1.807) is 18.2 Å². The van der Waals surface area contributed by atoms with Crippen LogP contribution < -0.4 is 15.0 Å². The molecule has 2 aliphatic heterocycles. The molecule has 2 aromatic rings. The first-order chi connectivity index (χ1) is 14.1.